The minimum absolute atomic E-state index is 0.207. The Balaban J connectivity index is 1.93. The Morgan fingerprint density at radius 3 is 2.84 bits per heavy atom. The van der Waals surface area contributed by atoms with Crippen molar-refractivity contribution in [3.05, 3.63) is 47.7 Å². The minimum atomic E-state index is 0.207. The van der Waals surface area contributed by atoms with Crippen molar-refractivity contribution < 1.29 is 4.79 Å². The third kappa shape index (κ3) is 2.38. The van der Waals surface area contributed by atoms with Crippen molar-refractivity contribution in [2.24, 2.45) is 7.05 Å². The van der Waals surface area contributed by atoms with Gasteiger partial charge in [0.05, 0.1) is 5.56 Å². The van der Waals surface area contributed by atoms with Gasteiger partial charge in [0, 0.05) is 32.8 Å². The van der Waals surface area contributed by atoms with E-state index in [0.717, 1.165) is 30.9 Å². The van der Waals surface area contributed by atoms with Gasteiger partial charge in [-0.05, 0) is 12.0 Å². The summed E-state index contributed by atoms with van der Waals surface area (Å²) in [5.74, 6) is 1.03. The molecule has 19 heavy (non-hydrogen) atoms. The summed E-state index contributed by atoms with van der Waals surface area (Å²) in [5.41, 5.74) is 2.00. The smallest absolute Gasteiger partial charge is 0.168 e. The molecule has 4 nitrogen and oxygen atoms in total. The van der Waals surface area contributed by atoms with Crippen LogP contribution < -0.4 is 4.90 Å². The zero-order valence-electron chi connectivity index (χ0n) is 11.0. The van der Waals surface area contributed by atoms with Gasteiger partial charge in [-0.3, -0.25) is 9.48 Å². The summed E-state index contributed by atoms with van der Waals surface area (Å²) in [7, 11) is 1.86. The Labute approximate surface area is 112 Å². The Hall–Kier alpha value is -2.10. The van der Waals surface area contributed by atoms with E-state index in [1.54, 1.807) is 4.68 Å². The van der Waals surface area contributed by atoms with Crippen molar-refractivity contribution in [3.8, 4) is 0 Å². The quantitative estimate of drug-likeness (QED) is 0.827. The topological polar surface area (TPSA) is 38.1 Å². The largest absolute Gasteiger partial charge is 0.350 e. The zero-order chi connectivity index (χ0) is 13.2. The Bertz CT molecular complexity index is 589. The fraction of sp³-hybridized carbons (Fsp3) is 0.333. The lowest BCUT2D eigenvalue weighted by atomic mass is 10.1. The SMILES string of the molecule is Cn1cc2c(n1)N(Cc1ccccc1)CCCC2=O. The summed E-state index contributed by atoms with van der Waals surface area (Å²) in [6.07, 6.45) is 3.34. The lowest BCUT2D eigenvalue weighted by Crippen LogP contribution is -2.24. The number of benzene rings is 1. The van der Waals surface area contributed by atoms with Crippen molar-refractivity contribution in [1.82, 2.24) is 9.78 Å². The van der Waals surface area contributed by atoms with Crippen LogP contribution in [0, 0.1) is 0 Å². The van der Waals surface area contributed by atoms with Gasteiger partial charge in [0.1, 0.15) is 0 Å². The molecule has 1 aliphatic rings. The summed E-state index contributed by atoms with van der Waals surface area (Å²) >= 11 is 0. The molecule has 2 aromatic rings. The molecule has 3 rings (SSSR count). The van der Waals surface area contributed by atoms with Gasteiger partial charge >= 0.3 is 0 Å². The van der Waals surface area contributed by atoms with Gasteiger partial charge in [0.2, 0.25) is 0 Å². The molecule has 2 heterocycles. The number of fused-ring (bicyclic) bond motifs is 1. The highest BCUT2D eigenvalue weighted by Crippen LogP contribution is 2.25. The van der Waals surface area contributed by atoms with Gasteiger partial charge in [-0.1, -0.05) is 30.3 Å². The number of rotatable bonds is 2. The molecule has 0 fully saturated rings. The number of carbonyl (C=O) groups excluding carboxylic acids is 1. The monoisotopic (exact) mass is 255 g/mol. The first-order valence-electron chi connectivity index (χ1n) is 6.60. The highest BCUT2D eigenvalue weighted by atomic mass is 16.1. The summed E-state index contributed by atoms with van der Waals surface area (Å²) < 4.78 is 1.73. The average molecular weight is 255 g/mol. The molecule has 1 aliphatic heterocycles. The Kier molecular flexibility index (Phi) is 3.07. The molecule has 1 aromatic carbocycles. The second-order valence-electron chi connectivity index (χ2n) is 4.97. The number of hydrogen-bond acceptors (Lipinski definition) is 3. The molecular formula is C15H17N3O. The lowest BCUT2D eigenvalue weighted by molar-refractivity contribution is 0.0983. The van der Waals surface area contributed by atoms with Crippen LogP contribution in [0.15, 0.2) is 36.5 Å². The van der Waals surface area contributed by atoms with Crippen LogP contribution >= 0.6 is 0 Å². The van der Waals surface area contributed by atoms with Gasteiger partial charge in [-0.15, -0.1) is 0 Å². The summed E-state index contributed by atoms with van der Waals surface area (Å²) in [6.45, 7) is 1.68. The van der Waals surface area contributed by atoms with Gasteiger partial charge in [0.15, 0.2) is 11.6 Å². The van der Waals surface area contributed by atoms with E-state index < -0.39 is 0 Å². The first-order valence-corrected chi connectivity index (χ1v) is 6.60. The van der Waals surface area contributed by atoms with Crippen molar-refractivity contribution in [2.75, 3.05) is 11.4 Å². The first-order chi connectivity index (χ1) is 9.24. The van der Waals surface area contributed by atoms with Crippen LogP contribution in [0.4, 0.5) is 5.82 Å². The molecule has 0 amide bonds. The molecule has 0 saturated heterocycles. The average Bonchev–Trinajstić information content (AvgIpc) is 2.75. The number of anilines is 1. The van der Waals surface area contributed by atoms with Gasteiger partial charge in [-0.25, -0.2) is 0 Å². The standard InChI is InChI=1S/C15H17N3O/c1-17-11-13-14(19)8-5-9-18(15(13)16-17)10-12-6-3-2-4-7-12/h2-4,6-7,11H,5,8-10H2,1H3. The summed E-state index contributed by atoms with van der Waals surface area (Å²) in [4.78, 5) is 14.2. The third-order valence-corrected chi connectivity index (χ3v) is 3.46. The maximum atomic E-state index is 12.0. The van der Waals surface area contributed by atoms with Crippen LogP contribution in [-0.2, 0) is 13.6 Å². The van der Waals surface area contributed by atoms with Crippen LogP contribution in [-0.4, -0.2) is 22.1 Å². The third-order valence-electron chi connectivity index (χ3n) is 3.46. The van der Waals surface area contributed by atoms with E-state index in [4.69, 9.17) is 0 Å². The second kappa shape index (κ2) is 4.88. The number of ketones is 1. The Morgan fingerprint density at radius 2 is 2.05 bits per heavy atom. The van der Waals surface area contributed by atoms with E-state index in [-0.39, 0.29) is 5.78 Å². The second-order valence-corrected chi connectivity index (χ2v) is 4.97. The van der Waals surface area contributed by atoms with E-state index in [2.05, 4.69) is 22.1 Å². The molecule has 0 atom stereocenters. The van der Waals surface area contributed by atoms with E-state index in [1.165, 1.54) is 5.56 Å². The van der Waals surface area contributed by atoms with Gasteiger partial charge in [0.25, 0.3) is 0 Å². The Morgan fingerprint density at radius 1 is 1.26 bits per heavy atom. The van der Waals surface area contributed by atoms with Crippen molar-refractivity contribution >= 4 is 11.6 Å². The maximum Gasteiger partial charge on any atom is 0.168 e. The van der Waals surface area contributed by atoms with Crippen LogP contribution in [0.3, 0.4) is 0 Å². The molecular weight excluding hydrogens is 238 g/mol. The highest BCUT2D eigenvalue weighted by molar-refractivity contribution is 6.01. The van der Waals surface area contributed by atoms with E-state index >= 15 is 0 Å². The van der Waals surface area contributed by atoms with E-state index in [9.17, 15) is 4.79 Å². The molecule has 0 unspecified atom stereocenters. The molecule has 4 heteroatoms. The van der Waals surface area contributed by atoms with Crippen LogP contribution in [0.5, 0.6) is 0 Å². The minimum Gasteiger partial charge on any atom is -0.350 e. The highest BCUT2D eigenvalue weighted by Gasteiger charge is 2.24. The van der Waals surface area contributed by atoms with E-state index in [1.807, 2.05) is 31.4 Å². The van der Waals surface area contributed by atoms with Crippen LogP contribution in [0.1, 0.15) is 28.8 Å². The molecule has 1 aromatic heterocycles. The van der Waals surface area contributed by atoms with Crippen LogP contribution in [0.25, 0.3) is 0 Å². The predicted molar refractivity (Wildman–Crippen MR) is 74.3 cm³/mol. The molecule has 98 valence electrons. The normalized spacial score (nSPS) is 15.2. The molecule has 0 saturated carbocycles. The van der Waals surface area contributed by atoms with Gasteiger partial charge in [-0.2, -0.15) is 5.10 Å². The summed E-state index contributed by atoms with van der Waals surface area (Å²) in [5, 5.41) is 4.46. The predicted octanol–water partition coefficient (Wildman–Crippen LogP) is 2.40. The fourth-order valence-electron chi connectivity index (χ4n) is 2.54. The first kappa shape index (κ1) is 12.0. The number of nitrogens with zero attached hydrogens (tertiary/aromatic N) is 3. The van der Waals surface area contributed by atoms with Crippen molar-refractivity contribution in [1.29, 1.82) is 0 Å². The van der Waals surface area contributed by atoms with Crippen molar-refractivity contribution in [3.63, 3.8) is 0 Å². The van der Waals surface area contributed by atoms with E-state index in [0.29, 0.717) is 6.42 Å². The molecule has 0 N–H and O–H groups in total. The van der Waals surface area contributed by atoms with Crippen molar-refractivity contribution in [2.45, 2.75) is 19.4 Å². The molecule has 0 radical (unpaired) electrons. The molecule has 0 aliphatic carbocycles. The summed E-state index contributed by atoms with van der Waals surface area (Å²) in [6, 6.07) is 10.3. The molecule has 0 bridgehead atoms. The lowest BCUT2D eigenvalue weighted by Gasteiger charge is -2.21. The van der Waals surface area contributed by atoms with Gasteiger partial charge < -0.3 is 4.90 Å². The fourth-order valence-corrected chi connectivity index (χ4v) is 2.54. The number of hydrogen-bond donors (Lipinski definition) is 0. The zero-order valence-corrected chi connectivity index (χ0v) is 11.0. The number of aryl methyl sites for hydroxylation is 1. The maximum absolute atomic E-state index is 12.0. The van der Waals surface area contributed by atoms with Crippen LogP contribution in [0.2, 0.25) is 0 Å². The number of Topliss-reactive ketones (excluding diaryl/α,β-unsaturated/α-hetero) is 1. The number of aromatic nitrogens is 2. The number of carbonyl (C=O) groups is 1. The molecule has 0 spiro atoms.